The Hall–Kier alpha value is -2.78. The maximum Gasteiger partial charge on any atom is 0.126 e. The SMILES string of the molecule is Oc1ccc2c(c1)OC[C@H](c1ccccc1)[C@@H]2c1ccc(CCCN2CCCCC2)cc1. The number of hydrogen-bond acceptors (Lipinski definition) is 3. The van der Waals surface area contributed by atoms with Gasteiger partial charge in [-0.15, -0.1) is 0 Å². The van der Waals surface area contributed by atoms with E-state index in [4.69, 9.17) is 4.74 Å². The first-order valence-electron chi connectivity index (χ1n) is 12.1. The van der Waals surface area contributed by atoms with Crippen molar-refractivity contribution in [2.75, 3.05) is 26.2 Å². The molecular formula is C29H33NO2. The lowest BCUT2D eigenvalue weighted by atomic mass is 9.75. The molecule has 5 rings (SSSR count). The van der Waals surface area contributed by atoms with Gasteiger partial charge in [-0.1, -0.05) is 67.1 Å². The van der Waals surface area contributed by atoms with Gasteiger partial charge in [0.05, 0.1) is 6.61 Å². The van der Waals surface area contributed by atoms with Gasteiger partial charge in [-0.25, -0.2) is 0 Å². The second kappa shape index (κ2) is 9.79. The van der Waals surface area contributed by atoms with E-state index in [1.807, 2.05) is 6.07 Å². The Morgan fingerprint density at radius 1 is 0.844 bits per heavy atom. The van der Waals surface area contributed by atoms with Crippen molar-refractivity contribution < 1.29 is 9.84 Å². The molecule has 3 nitrogen and oxygen atoms in total. The smallest absolute Gasteiger partial charge is 0.126 e. The van der Waals surface area contributed by atoms with Crippen molar-refractivity contribution in [1.29, 1.82) is 0 Å². The Morgan fingerprint density at radius 2 is 1.62 bits per heavy atom. The number of fused-ring (bicyclic) bond motifs is 1. The summed E-state index contributed by atoms with van der Waals surface area (Å²) in [7, 11) is 0. The van der Waals surface area contributed by atoms with Crippen LogP contribution in [-0.4, -0.2) is 36.2 Å². The van der Waals surface area contributed by atoms with Gasteiger partial charge >= 0.3 is 0 Å². The summed E-state index contributed by atoms with van der Waals surface area (Å²) in [6, 6.07) is 25.4. The molecule has 0 aliphatic carbocycles. The van der Waals surface area contributed by atoms with Crippen molar-refractivity contribution in [2.24, 2.45) is 0 Å². The fraction of sp³-hybridized carbons (Fsp3) is 0.379. The molecule has 1 fully saturated rings. The van der Waals surface area contributed by atoms with Gasteiger partial charge in [0, 0.05) is 23.5 Å². The standard InChI is InChI=1S/C29H33NO2/c31-25-15-16-26-28(20-25)32-21-27(23-9-3-1-4-10-23)29(26)24-13-11-22(12-14-24)8-7-19-30-17-5-2-6-18-30/h1,3-4,9-16,20,27,29,31H,2,5-8,17-19,21H2/t27-,29-/m1/s1. The second-order valence-corrected chi connectivity index (χ2v) is 9.28. The highest BCUT2D eigenvalue weighted by Crippen LogP contribution is 2.46. The number of rotatable bonds is 6. The van der Waals surface area contributed by atoms with Crippen LogP contribution in [0.3, 0.4) is 0 Å². The Morgan fingerprint density at radius 3 is 2.41 bits per heavy atom. The molecule has 0 spiro atoms. The molecule has 2 aliphatic heterocycles. The molecule has 1 saturated heterocycles. The highest BCUT2D eigenvalue weighted by atomic mass is 16.5. The zero-order valence-corrected chi connectivity index (χ0v) is 18.7. The van der Waals surface area contributed by atoms with E-state index in [1.165, 1.54) is 62.0 Å². The third kappa shape index (κ3) is 4.68. The molecule has 32 heavy (non-hydrogen) atoms. The minimum atomic E-state index is 0.212. The van der Waals surface area contributed by atoms with E-state index >= 15 is 0 Å². The van der Waals surface area contributed by atoms with Crippen molar-refractivity contribution >= 4 is 0 Å². The van der Waals surface area contributed by atoms with E-state index < -0.39 is 0 Å². The lowest BCUT2D eigenvalue weighted by Crippen LogP contribution is -2.30. The number of nitrogens with zero attached hydrogens (tertiary/aromatic N) is 1. The van der Waals surface area contributed by atoms with Gasteiger partial charge in [-0.2, -0.15) is 0 Å². The number of piperidine rings is 1. The minimum Gasteiger partial charge on any atom is -0.508 e. The molecule has 3 aromatic rings. The summed E-state index contributed by atoms with van der Waals surface area (Å²) >= 11 is 0. The monoisotopic (exact) mass is 427 g/mol. The molecular weight excluding hydrogens is 394 g/mol. The van der Waals surface area contributed by atoms with Crippen LogP contribution < -0.4 is 4.74 Å². The van der Waals surface area contributed by atoms with E-state index in [9.17, 15) is 5.11 Å². The third-order valence-electron chi connectivity index (χ3n) is 7.11. The van der Waals surface area contributed by atoms with Gasteiger partial charge in [-0.3, -0.25) is 0 Å². The number of aryl methyl sites for hydroxylation is 1. The average molecular weight is 428 g/mol. The quantitative estimate of drug-likeness (QED) is 0.514. The summed E-state index contributed by atoms with van der Waals surface area (Å²) in [5.41, 5.74) is 5.18. The predicted molar refractivity (Wildman–Crippen MR) is 130 cm³/mol. The second-order valence-electron chi connectivity index (χ2n) is 9.28. The van der Waals surface area contributed by atoms with Crippen LogP contribution in [0, 0.1) is 0 Å². The van der Waals surface area contributed by atoms with Gasteiger partial charge in [0.1, 0.15) is 11.5 Å². The molecule has 2 heterocycles. The topological polar surface area (TPSA) is 32.7 Å². The molecule has 0 amide bonds. The molecule has 1 N–H and O–H groups in total. The van der Waals surface area contributed by atoms with E-state index in [-0.39, 0.29) is 17.6 Å². The van der Waals surface area contributed by atoms with Gasteiger partial charge in [0.2, 0.25) is 0 Å². The number of phenols is 1. The van der Waals surface area contributed by atoms with Crippen LogP contribution in [0.4, 0.5) is 0 Å². The molecule has 0 aromatic heterocycles. The molecule has 2 aliphatic rings. The Kier molecular flexibility index (Phi) is 6.45. The van der Waals surface area contributed by atoms with Gasteiger partial charge in [0.25, 0.3) is 0 Å². The van der Waals surface area contributed by atoms with Crippen LogP contribution in [0.2, 0.25) is 0 Å². The Labute approximate surface area is 191 Å². The van der Waals surface area contributed by atoms with Gasteiger partial charge in [0.15, 0.2) is 0 Å². The first-order chi connectivity index (χ1) is 15.8. The molecule has 3 aromatic carbocycles. The van der Waals surface area contributed by atoms with Crippen molar-refractivity contribution in [3.8, 4) is 11.5 Å². The number of likely N-dealkylation sites (tertiary alicyclic amines) is 1. The van der Waals surface area contributed by atoms with Crippen LogP contribution in [0.5, 0.6) is 11.5 Å². The average Bonchev–Trinajstić information content (AvgIpc) is 2.85. The van der Waals surface area contributed by atoms with E-state index in [1.54, 1.807) is 12.1 Å². The molecule has 0 bridgehead atoms. The van der Waals surface area contributed by atoms with E-state index in [0.717, 1.165) is 17.7 Å². The number of hydrogen-bond donors (Lipinski definition) is 1. The van der Waals surface area contributed by atoms with E-state index in [0.29, 0.717) is 6.61 Å². The Bertz CT molecular complexity index is 1010. The maximum absolute atomic E-state index is 9.96. The fourth-order valence-corrected chi connectivity index (χ4v) is 5.38. The van der Waals surface area contributed by atoms with Gasteiger partial charge < -0.3 is 14.7 Å². The van der Waals surface area contributed by atoms with Crippen LogP contribution >= 0.6 is 0 Å². The van der Waals surface area contributed by atoms with Crippen LogP contribution in [0.1, 0.15) is 59.8 Å². The zero-order chi connectivity index (χ0) is 21.8. The van der Waals surface area contributed by atoms with Crippen molar-refractivity contribution in [2.45, 2.75) is 43.9 Å². The van der Waals surface area contributed by atoms with Gasteiger partial charge in [-0.05, 0) is 68.1 Å². The first-order valence-corrected chi connectivity index (χ1v) is 12.1. The molecule has 3 heteroatoms. The van der Waals surface area contributed by atoms with Crippen molar-refractivity contribution in [3.05, 3.63) is 95.1 Å². The lowest BCUT2D eigenvalue weighted by Gasteiger charge is -2.34. The summed E-state index contributed by atoms with van der Waals surface area (Å²) in [5.74, 6) is 1.51. The lowest BCUT2D eigenvalue weighted by molar-refractivity contribution is 0.226. The summed E-state index contributed by atoms with van der Waals surface area (Å²) in [6.45, 7) is 4.38. The Balaban J connectivity index is 1.35. The van der Waals surface area contributed by atoms with Crippen molar-refractivity contribution in [3.63, 3.8) is 0 Å². The summed E-state index contributed by atoms with van der Waals surface area (Å²) in [6.07, 6.45) is 6.49. The minimum absolute atomic E-state index is 0.212. The fourth-order valence-electron chi connectivity index (χ4n) is 5.38. The van der Waals surface area contributed by atoms with Crippen LogP contribution in [-0.2, 0) is 6.42 Å². The van der Waals surface area contributed by atoms with Crippen LogP contribution in [0.15, 0.2) is 72.8 Å². The number of ether oxygens (including phenoxy) is 1. The number of phenolic OH excluding ortho intramolecular Hbond substituents is 1. The van der Waals surface area contributed by atoms with E-state index in [2.05, 4.69) is 59.5 Å². The predicted octanol–water partition coefficient (Wildman–Crippen LogP) is 6.12. The molecule has 0 radical (unpaired) electrons. The molecule has 2 atom stereocenters. The first kappa shape index (κ1) is 21.1. The normalized spacial score (nSPS) is 21.0. The zero-order valence-electron chi connectivity index (χ0n) is 18.7. The highest BCUT2D eigenvalue weighted by molar-refractivity contribution is 5.50. The molecule has 0 saturated carbocycles. The summed E-state index contributed by atoms with van der Waals surface area (Å²) in [4.78, 5) is 2.62. The number of aromatic hydroxyl groups is 1. The molecule has 0 unspecified atom stereocenters. The third-order valence-corrected chi connectivity index (χ3v) is 7.11. The largest absolute Gasteiger partial charge is 0.508 e. The molecule has 166 valence electrons. The summed E-state index contributed by atoms with van der Waals surface area (Å²) in [5, 5.41) is 9.96. The summed E-state index contributed by atoms with van der Waals surface area (Å²) < 4.78 is 6.09. The van der Waals surface area contributed by atoms with Crippen LogP contribution in [0.25, 0.3) is 0 Å². The van der Waals surface area contributed by atoms with Crippen molar-refractivity contribution in [1.82, 2.24) is 4.90 Å². The maximum atomic E-state index is 9.96. The highest BCUT2D eigenvalue weighted by Gasteiger charge is 2.33. The number of benzene rings is 3.